The first kappa shape index (κ1) is 13.1. The Labute approximate surface area is 121 Å². The summed E-state index contributed by atoms with van der Waals surface area (Å²) >= 11 is 0. The van der Waals surface area contributed by atoms with Crippen molar-refractivity contribution in [1.82, 2.24) is 14.5 Å². The average Bonchev–Trinajstić information content (AvgIpc) is 2.86. The van der Waals surface area contributed by atoms with Crippen molar-refractivity contribution in [2.24, 2.45) is 10.9 Å². The van der Waals surface area contributed by atoms with Crippen molar-refractivity contribution in [3.63, 3.8) is 0 Å². The molecule has 3 aromatic rings. The number of hydrogen-bond acceptors (Lipinski definition) is 4. The molecule has 2 aromatic heterocycles. The minimum absolute atomic E-state index is 0.110. The Kier molecular flexibility index (Phi) is 3.27. The van der Waals surface area contributed by atoms with E-state index < -0.39 is 0 Å². The van der Waals surface area contributed by atoms with Gasteiger partial charge in [-0.15, -0.1) is 0 Å². The quantitative estimate of drug-likeness (QED) is 0.332. The van der Waals surface area contributed by atoms with Crippen LogP contribution < -0.4 is 5.73 Å². The molecule has 3 N–H and O–H groups in total. The van der Waals surface area contributed by atoms with Gasteiger partial charge in [-0.1, -0.05) is 23.4 Å². The molecule has 0 aliphatic rings. The van der Waals surface area contributed by atoms with Crippen LogP contribution in [0.15, 0.2) is 47.8 Å². The van der Waals surface area contributed by atoms with Crippen LogP contribution in [0.1, 0.15) is 11.4 Å². The summed E-state index contributed by atoms with van der Waals surface area (Å²) in [5.74, 6) is 1.55. The van der Waals surface area contributed by atoms with Crippen LogP contribution in [-0.2, 0) is 6.42 Å². The van der Waals surface area contributed by atoms with Crippen LogP contribution in [-0.4, -0.2) is 25.6 Å². The van der Waals surface area contributed by atoms with Gasteiger partial charge in [-0.3, -0.25) is 4.57 Å². The topological polar surface area (TPSA) is 89.3 Å². The van der Waals surface area contributed by atoms with Crippen LogP contribution in [0.25, 0.3) is 16.9 Å². The minimum Gasteiger partial charge on any atom is -0.409 e. The summed E-state index contributed by atoms with van der Waals surface area (Å²) in [6.07, 6.45) is 2.05. The van der Waals surface area contributed by atoms with Gasteiger partial charge in [0, 0.05) is 6.20 Å². The fourth-order valence-corrected chi connectivity index (χ4v) is 2.24. The van der Waals surface area contributed by atoms with E-state index in [2.05, 4.69) is 15.1 Å². The van der Waals surface area contributed by atoms with E-state index in [9.17, 15) is 0 Å². The molecule has 6 heteroatoms. The number of hydrogen-bond donors (Lipinski definition) is 2. The second-order valence-corrected chi connectivity index (χ2v) is 4.81. The lowest BCUT2D eigenvalue weighted by molar-refractivity contribution is 0.317. The molecule has 0 amide bonds. The van der Waals surface area contributed by atoms with Gasteiger partial charge >= 0.3 is 0 Å². The number of pyridine rings is 1. The summed E-state index contributed by atoms with van der Waals surface area (Å²) in [5, 5.41) is 11.8. The van der Waals surface area contributed by atoms with Gasteiger partial charge in [-0.2, -0.15) is 0 Å². The monoisotopic (exact) mass is 281 g/mol. The molecule has 6 nitrogen and oxygen atoms in total. The third kappa shape index (κ3) is 2.43. The molecule has 0 bridgehead atoms. The summed E-state index contributed by atoms with van der Waals surface area (Å²) in [7, 11) is 0. The van der Waals surface area contributed by atoms with Crippen molar-refractivity contribution in [2.75, 3.05) is 0 Å². The largest absolute Gasteiger partial charge is 0.409 e. The molecule has 0 unspecified atom stereocenters. The molecular weight excluding hydrogens is 266 g/mol. The Balaban J connectivity index is 2.22. The minimum atomic E-state index is 0.110. The number of nitrogens with two attached hydrogens (primary N) is 1. The molecular formula is C15H15N5O. The van der Waals surface area contributed by atoms with Gasteiger partial charge < -0.3 is 10.9 Å². The van der Waals surface area contributed by atoms with Crippen molar-refractivity contribution in [2.45, 2.75) is 13.3 Å². The number of fused-ring (bicyclic) bond motifs is 1. The maximum atomic E-state index is 8.78. The highest BCUT2D eigenvalue weighted by atomic mass is 16.4. The fraction of sp³-hybridized carbons (Fsp3) is 0.133. The summed E-state index contributed by atoms with van der Waals surface area (Å²) in [6.45, 7) is 1.99. The molecule has 0 spiro atoms. The maximum Gasteiger partial charge on any atom is 0.146 e. The second kappa shape index (κ2) is 5.24. The van der Waals surface area contributed by atoms with Crippen molar-refractivity contribution in [1.29, 1.82) is 0 Å². The van der Waals surface area contributed by atoms with Gasteiger partial charge in [0.15, 0.2) is 0 Å². The van der Waals surface area contributed by atoms with Crippen LogP contribution in [0.3, 0.4) is 0 Å². The number of oxime groups is 1. The Hall–Kier alpha value is -2.89. The van der Waals surface area contributed by atoms with Crippen molar-refractivity contribution >= 4 is 16.9 Å². The molecule has 0 atom stereocenters. The zero-order chi connectivity index (χ0) is 14.8. The smallest absolute Gasteiger partial charge is 0.146 e. The van der Waals surface area contributed by atoms with Gasteiger partial charge in [-0.25, -0.2) is 9.97 Å². The van der Waals surface area contributed by atoms with E-state index in [-0.39, 0.29) is 12.3 Å². The highest BCUT2D eigenvalue weighted by molar-refractivity contribution is 5.84. The highest BCUT2D eigenvalue weighted by Crippen LogP contribution is 2.20. The summed E-state index contributed by atoms with van der Waals surface area (Å²) < 4.78 is 1.92. The molecule has 0 aliphatic carbocycles. The Morgan fingerprint density at radius 3 is 2.81 bits per heavy atom. The molecule has 0 saturated heterocycles. The molecule has 106 valence electrons. The fourth-order valence-electron chi connectivity index (χ4n) is 2.24. The first-order chi connectivity index (χ1) is 10.2. The van der Waals surface area contributed by atoms with Crippen LogP contribution in [0.4, 0.5) is 0 Å². The van der Waals surface area contributed by atoms with Crippen LogP contribution >= 0.6 is 0 Å². The number of benzene rings is 1. The summed E-state index contributed by atoms with van der Waals surface area (Å²) in [4.78, 5) is 8.99. The second-order valence-electron chi connectivity index (χ2n) is 4.81. The van der Waals surface area contributed by atoms with E-state index in [0.717, 1.165) is 22.4 Å². The molecule has 0 radical (unpaired) electrons. The number of aryl methyl sites for hydroxylation is 1. The van der Waals surface area contributed by atoms with E-state index in [1.807, 2.05) is 47.9 Å². The number of amidine groups is 1. The van der Waals surface area contributed by atoms with Gasteiger partial charge in [0.1, 0.15) is 17.5 Å². The predicted octanol–water partition coefficient (Wildman–Crippen LogP) is 2.02. The van der Waals surface area contributed by atoms with E-state index in [0.29, 0.717) is 5.82 Å². The van der Waals surface area contributed by atoms with Gasteiger partial charge in [0.2, 0.25) is 0 Å². The first-order valence-electron chi connectivity index (χ1n) is 6.55. The SMILES string of the molecule is Cc1ccc(-n2c(CC(N)=NO)nc3ccccc32)nc1. The van der Waals surface area contributed by atoms with Gasteiger partial charge in [0.25, 0.3) is 0 Å². The standard InChI is InChI=1S/C15H15N5O/c1-10-6-7-14(17-9-10)20-12-5-3-2-4-11(12)18-15(20)8-13(16)19-21/h2-7,9,21H,8H2,1H3,(H2,16,19). The zero-order valence-electron chi connectivity index (χ0n) is 11.6. The Morgan fingerprint density at radius 2 is 2.10 bits per heavy atom. The van der Waals surface area contributed by atoms with Crippen LogP contribution in [0.2, 0.25) is 0 Å². The number of rotatable bonds is 3. The van der Waals surface area contributed by atoms with Crippen LogP contribution in [0, 0.1) is 6.92 Å². The van der Waals surface area contributed by atoms with E-state index in [1.54, 1.807) is 6.20 Å². The lowest BCUT2D eigenvalue weighted by Crippen LogP contribution is -2.18. The zero-order valence-corrected chi connectivity index (χ0v) is 11.6. The number of aromatic nitrogens is 3. The molecule has 21 heavy (non-hydrogen) atoms. The average molecular weight is 281 g/mol. The van der Waals surface area contributed by atoms with Gasteiger partial charge in [-0.05, 0) is 30.7 Å². The third-order valence-electron chi connectivity index (χ3n) is 3.22. The third-order valence-corrected chi connectivity index (χ3v) is 3.22. The van der Waals surface area contributed by atoms with Crippen LogP contribution in [0.5, 0.6) is 0 Å². The lowest BCUT2D eigenvalue weighted by atomic mass is 10.3. The van der Waals surface area contributed by atoms with Crippen molar-refractivity contribution in [3.05, 3.63) is 54.0 Å². The molecule has 0 fully saturated rings. The number of nitrogens with zero attached hydrogens (tertiary/aromatic N) is 4. The molecule has 0 saturated carbocycles. The number of para-hydroxylation sites is 2. The van der Waals surface area contributed by atoms with Crippen molar-refractivity contribution in [3.8, 4) is 5.82 Å². The first-order valence-corrected chi connectivity index (χ1v) is 6.55. The Bertz CT molecular complexity index is 805. The molecule has 3 rings (SSSR count). The van der Waals surface area contributed by atoms with Crippen molar-refractivity contribution < 1.29 is 5.21 Å². The highest BCUT2D eigenvalue weighted by Gasteiger charge is 2.14. The lowest BCUT2D eigenvalue weighted by Gasteiger charge is -2.08. The normalized spacial score (nSPS) is 12.0. The van der Waals surface area contributed by atoms with E-state index >= 15 is 0 Å². The Morgan fingerprint density at radius 1 is 1.29 bits per heavy atom. The summed E-state index contributed by atoms with van der Waals surface area (Å²) in [5.41, 5.74) is 8.50. The molecule has 1 aromatic carbocycles. The summed E-state index contributed by atoms with van der Waals surface area (Å²) in [6, 6.07) is 11.7. The molecule has 2 heterocycles. The number of imidazole rings is 1. The van der Waals surface area contributed by atoms with E-state index in [4.69, 9.17) is 10.9 Å². The predicted molar refractivity (Wildman–Crippen MR) is 80.7 cm³/mol. The maximum absolute atomic E-state index is 8.78. The van der Waals surface area contributed by atoms with Gasteiger partial charge in [0.05, 0.1) is 17.5 Å². The molecule has 0 aliphatic heterocycles. The van der Waals surface area contributed by atoms with E-state index in [1.165, 1.54) is 0 Å².